The molecule has 0 aliphatic rings. The van der Waals surface area contributed by atoms with Crippen LogP contribution in [0.2, 0.25) is 0 Å². The van der Waals surface area contributed by atoms with Gasteiger partial charge in [-0.15, -0.1) is 0 Å². The summed E-state index contributed by atoms with van der Waals surface area (Å²) in [6.45, 7) is 9.83. The van der Waals surface area contributed by atoms with Gasteiger partial charge in [0.2, 0.25) is 0 Å². The second-order valence-corrected chi connectivity index (χ2v) is 6.78. The second-order valence-electron chi connectivity index (χ2n) is 5.86. The number of halogens is 1. The molecule has 1 aromatic carbocycles. The van der Waals surface area contributed by atoms with E-state index in [2.05, 4.69) is 59.6 Å². The summed E-state index contributed by atoms with van der Waals surface area (Å²) in [5.74, 6) is 0.576. The van der Waals surface area contributed by atoms with Crippen LogP contribution in [-0.2, 0) is 0 Å². The molecule has 2 aromatic rings. The van der Waals surface area contributed by atoms with Gasteiger partial charge in [0.15, 0.2) is 0 Å². The van der Waals surface area contributed by atoms with Crippen LogP contribution in [0.4, 0.5) is 11.4 Å². The first-order valence-electron chi connectivity index (χ1n) is 7.00. The molecule has 2 N–H and O–H groups in total. The molecule has 0 spiro atoms. The van der Waals surface area contributed by atoms with Crippen LogP contribution in [0.3, 0.4) is 0 Å². The van der Waals surface area contributed by atoms with Crippen molar-refractivity contribution in [2.75, 3.05) is 17.2 Å². The summed E-state index contributed by atoms with van der Waals surface area (Å²) in [6, 6.07) is 6.53. The van der Waals surface area contributed by atoms with Crippen molar-refractivity contribution in [2.24, 2.45) is 5.92 Å². The molecule has 20 heavy (non-hydrogen) atoms. The lowest BCUT2D eigenvalue weighted by Crippen LogP contribution is -2.34. The van der Waals surface area contributed by atoms with Gasteiger partial charge in [-0.1, -0.05) is 29.8 Å². The molecule has 2 rings (SSSR count). The topological polar surface area (TPSA) is 42.1 Å². The van der Waals surface area contributed by atoms with Gasteiger partial charge in [-0.25, -0.2) is 0 Å². The number of nitrogens with zero attached hydrogens (tertiary/aromatic N) is 2. The van der Waals surface area contributed by atoms with Gasteiger partial charge in [-0.2, -0.15) is 0 Å². The van der Waals surface area contributed by atoms with E-state index in [1.54, 1.807) is 6.20 Å². The minimum absolute atomic E-state index is 0.393. The number of fused-ring (bicyclic) bond motifs is 1. The summed E-state index contributed by atoms with van der Waals surface area (Å²) in [5, 5.41) is 1.11. The van der Waals surface area contributed by atoms with Crippen molar-refractivity contribution in [3.8, 4) is 0 Å². The molecule has 0 unspecified atom stereocenters. The van der Waals surface area contributed by atoms with Gasteiger partial charge in [0.05, 0.1) is 23.1 Å². The molecule has 3 nitrogen and oxygen atoms in total. The Morgan fingerprint density at radius 2 is 1.95 bits per heavy atom. The zero-order valence-electron chi connectivity index (χ0n) is 12.5. The maximum Gasteiger partial charge on any atom is 0.0745 e. The fourth-order valence-corrected chi connectivity index (χ4v) is 2.80. The second kappa shape index (κ2) is 6.00. The summed E-state index contributed by atoms with van der Waals surface area (Å²) in [7, 11) is 0. The molecule has 4 heteroatoms. The molecule has 0 aliphatic heterocycles. The van der Waals surface area contributed by atoms with Gasteiger partial charge in [-0.05, 0) is 38.0 Å². The first-order chi connectivity index (χ1) is 9.40. The zero-order chi connectivity index (χ0) is 14.9. The lowest BCUT2D eigenvalue weighted by atomic mass is 10.1. The highest BCUT2D eigenvalue weighted by Gasteiger charge is 2.18. The van der Waals surface area contributed by atoms with E-state index in [9.17, 15) is 0 Å². The normalized spacial score (nSPS) is 11.6. The van der Waals surface area contributed by atoms with E-state index in [1.807, 2.05) is 12.1 Å². The zero-order valence-corrected chi connectivity index (χ0v) is 14.1. The van der Waals surface area contributed by atoms with Crippen LogP contribution in [0, 0.1) is 5.92 Å². The van der Waals surface area contributed by atoms with Crippen LogP contribution >= 0.6 is 15.9 Å². The van der Waals surface area contributed by atoms with Crippen molar-refractivity contribution >= 4 is 38.2 Å². The molecule has 0 bridgehead atoms. The largest absolute Gasteiger partial charge is 0.396 e. The van der Waals surface area contributed by atoms with Gasteiger partial charge in [0, 0.05) is 22.4 Å². The number of hydrogen-bond acceptors (Lipinski definition) is 3. The number of aromatic nitrogens is 1. The highest BCUT2D eigenvalue weighted by molar-refractivity contribution is 9.10. The Morgan fingerprint density at radius 1 is 1.25 bits per heavy atom. The van der Waals surface area contributed by atoms with E-state index in [-0.39, 0.29) is 0 Å². The lowest BCUT2D eigenvalue weighted by Gasteiger charge is -2.32. The average Bonchev–Trinajstić information content (AvgIpc) is 2.36. The molecule has 0 radical (unpaired) electrons. The third-order valence-electron chi connectivity index (χ3n) is 3.30. The number of anilines is 2. The summed E-state index contributed by atoms with van der Waals surface area (Å²) in [6.07, 6.45) is 1.77. The number of nitrogens with two attached hydrogens (primary N) is 1. The molecule has 0 saturated heterocycles. The van der Waals surface area contributed by atoms with Crippen LogP contribution < -0.4 is 10.6 Å². The molecule has 0 fully saturated rings. The average molecular weight is 336 g/mol. The maximum atomic E-state index is 6.23. The Kier molecular flexibility index (Phi) is 4.53. The van der Waals surface area contributed by atoms with Crippen LogP contribution in [0.1, 0.15) is 27.7 Å². The predicted octanol–water partition coefficient (Wildman–Crippen LogP) is 4.45. The quantitative estimate of drug-likeness (QED) is 0.897. The van der Waals surface area contributed by atoms with Crippen molar-refractivity contribution < 1.29 is 0 Å². The molecule has 1 heterocycles. The van der Waals surface area contributed by atoms with E-state index in [0.717, 1.165) is 33.3 Å². The van der Waals surface area contributed by atoms with Crippen molar-refractivity contribution in [1.82, 2.24) is 4.98 Å². The standard InChI is InChI=1S/C16H22BrN3/c1-10(2)9-20(11(3)4)16-13-7-12(17)5-6-15(13)19-8-14(16)18/h5-8,10-11H,9,18H2,1-4H3. The van der Waals surface area contributed by atoms with Gasteiger partial charge < -0.3 is 10.6 Å². The monoisotopic (exact) mass is 335 g/mol. The van der Waals surface area contributed by atoms with Crippen LogP contribution in [0.15, 0.2) is 28.9 Å². The van der Waals surface area contributed by atoms with Crippen LogP contribution in [0.25, 0.3) is 10.9 Å². The van der Waals surface area contributed by atoms with E-state index in [4.69, 9.17) is 5.73 Å². The lowest BCUT2D eigenvalue weighted by molar-refractivity contribution is 0.573. The van der Waals surface area contributed by atoms with Gasteiger partial charge >= 0.3 is 0 Å². The number of hydrogen-bond donors (Lipinski definition) is 1. The van der Waals surface area contributed by atoms with Crippen molar-refractivity contribution in [3.63, 3.8) is 0 Å². The van der Waals surface area contributed by atoms with Crippen molar-refractivity contribution in [3.05, 3.63) is 28.9 Å². The van der Waals surface area contributed by atoms with Crippen molar-refractivity contribution in [1.29, 1.82) is 0 Å². The first kappa shape index (κ1) is 15.1. The minimum atomic E-state index is 0.393. The van der Waals surface area contributed by atoms with Crippen LogP contribution in [0.5, 0.6) is 0 Å². The fraction of sp³-hybridized carbons (Fsp3) is 0.438. The molecule has 0 saturated carbocycles. The third-order valence-corrected chi connectivity index (χ3v) is 3.80. The summed E-state index contributed by atoms with van der Waals surface area (Å²) >= 11 is 3.54. The molecular weight excluding hydrogens is 314 g/mol. The Bertz CT molecular complexity index is 603. The molecule has 1 aromatic heterocycles. The summed E-state index contributed by atoms with van der Waals surface area (Å²) in [4.78, 5) is 6.80. The Balaban J connectivity index is 2.66. The van der Waals surface area contributed by atoms with Gasteiger partial charge in [0.25, 0.3) is 0 Å². The van der Waals surface area contributed by atoms with Gasteiger partial charge in [0.1, 0.15) is 0 Å². The van der Waals surface area contributed by atoms with E-state index in [0.29, 0.717) is 12.0 Å². The van der Waals surface area contributed by atoms with Crippen LogP contribution in [-0.4, -0.2) is 17.6 Å². The SMILES string of the molecule is CC(C)CN(c1c(N)cnc2ccc(Br)cc12)C(C)C. The maximum absolute atomic E-state index is 6.23. The third kappa shape index (κ3) is 3.06. The Morgan fingerprint density at radius 3 is 2.55 bits per heavy atom. The molecular formula is C16H22BrN3. The summed E-state index contributed by atoms with van der Waals surface area (Å²) < 4.78 is 1.05. The van der Waals surface area contributed by atoms with Gasteiger partial charge in [-0.3, -0.25) is 4.98 Å². The van der Waals surface area contributed by atoms with E-state index in [1.165, 1.54) is 0 Å². The van der Waals surface area contributed by atoms with Crippen molar-refractivity contribution in [2.45, 2.75) is 33.7 Å². The number of pyridine rings is 1. The summed E-state index contributed by atoms with van der Waals surface area (Å²) in [5.41, 5.74) is 9.05. The molecule has 0 atom stereocenters. The Hall–Kier alpha value is -1.29. The Labute approximate surface area is 129 Å². The number of benzene rings is 1. The first-order valence-corrected chi connectivity index (χ1v) is 7.79. The van der Waals surface area contributed by atoms with E-state index >= 15 is 0 Å². The minimum Gasteiger partial charge on any atom is -0.396 e. The highest BCUT2D eigenvalue weighted by atomic mass is 79.9. The fourth-order valence-electron chi connectivity index (χ4n) is 2.44. The number of rotatable bonds is 4. The highest BCUT2D eigenvalue weighted by Crippen LogP contribution is 2.34. The molecule has 0 aliphatic carbocycles. The van der Waals surface area contributed by atoms with E-state index < -0.39 is 0 Å². The molecule has 0 amide bonds. The predicted molar refractivity (Wildman–Crippen MR) is 91.2 cm³/mol. The number of nitrogen functional groups attached to an aromatic ring is 1. The smallest absolute Gasteiger partial charge is 0.0745 e. The molecule has 108 valence electrons.